The van der Waals surface area contributed by atoms with Gasteiger partial charge < -0.3 is 0 Å². The van der Waals surface area contributed by atoms with Gasteiger partial charge in [0.15, 0.2) is 0 Å². The fourth-order valence-corrected chi connectivity index (χ4v) is 7.28. The van der Waals surface area contributed by atoms with Crippen LogP contribution in [0, 0.1) is 0 Å². The molecule has 3 aromatic rings. The standard InChI is InChI=1S/C20H25FN10O9P2S2/c21-12-11-4-36-41(33,43)39-9-1-8(7-2-27-31-15(7)24-5-25-20(31)23)37-10(9)3-35-42(34,44)40-14(12)18(38-11)30-6-26-13-16(30)28-19(22)29-17(13)32/h1-2,4,6,12,15,20,24-25,27,33-34,41-44H,3,5,23H2,(H3,22,28,29,32)/b11-4+/t12-,15?,20?/m1/s1. The number of fused-ring (bicyclic) bond motifs is 5. The number of nitrogens with zero attached hydrogens (tertiary/aromatic N) is 4. The average molecular weight is 695 g/mol. The summed E-state index contributed by atoms with van der Waals surface area (Å²) >= 11 is 8.29. The van der Waals surface area contributed by atoms with Crippen LogP contribution in [0.5, 0.6) is 5.75 Å². The number of H-pyrrole nitrogens is 1. The number of nitrogens with one attached hydrogen (secondary N) is 4. The van der Waals surface area contributed by atoms with Gasteiger partial charge in [-0.3, -0.25) is 0 Å². The van der Waals surface area contributed by atoms with Gasteiger partial charge in [0, 0.05) is 0 Å². The fraction of sp³-hybridized carbons (Fsp3) is 0.250. The Hall–Kier alpha value is -3.14. The van der Waals surface area contributed by atoms with E-state index >= 15 is 4.39 Å². The molecule has 3 atom stereocenters. The molecule has 238 valence electrons. The van der Waals surface area contributed by atoms with Gasteiger partial charge in [0.2, 0.25) is 0 Å². The van der Waals surface area contributed by atoms with Crippen LogP contribution in [0.2, 0.25) is 0 Å². The van der Waals surface area contributed by atoms with Crippen LogP contribution >= 0.6 is 38.8 Å². The number of aromatic amines is 1. The minimum absolute atomic E-state index is 0.0106. The number of nitrogen functional groups attached to an aromatic ring is 1. The third-order valence-corrected chi connectivity index (χ3v) is 9.83. The molecule has 44 heavy (non-hydrogen) atoms. The third-order valence-electron chi connectivity index (χ3n) is 6.66. The Kier molecular flexibility index (Phi) is 7.22. The summed E-state index contributed by atoms with van der Waals surface area (Å²) in [6.45, 7) is -0.0985. The van der Waals surface area contributed by atoms with E-state index in [1.54, 1.807) is 11.2 Å². The number of alkyl halides is 1. The number of anilines is 1. The van der Waals surface area contributed by atoms with E-state index in [4.69, 9.17) is 38.7 Å². The van der Waals surface area contributed by atoms with Gasteiger partial charge in [-0.25, -0.2) is 0 Å². The first-order chi connectivity index (χ1) is 20.9. The Morgan fingerprint density at radius 3 is 2.84 bits per heavy atom. The van der Waals surface area contributed by atoms with E-state index in [9.17, 15) is 14.6 Å². The van der Waals surface area contributed by atoms with Crippen LogP contribution in [0.1, 0.15) is 11.5 Å². The quantitative estimate of drug-likeness (QED) is 0.123. The predicted molar refractivity (Wildman–Crippen MR) is 161 cm³/mol. The van der Waals surface area contributed by atoms with Crippen molar-refractivity contribution in [2.24, 2.45) is 5.73 Å². The molecular formula is C20H25FN10O9P2S2. The molecular weight excluding hydrogens is 669 g/mol. The maximum absolute atomic E-state index is 15.7. The molecule has 7 rings (SSSR count). The van der Waals surface area contributed by atoms with E-state index in [0.29, 0.717) is 18.0 Å². The molecule has 0 aromatic carbocycles. The van der Waals surface area contributed by atoms with E-state index in [0.717, 1.165) is 17.2 Å². The first kappa shape index (κ1) is 29.6. The summed E-state index contributed by atoms with van der Waals surface area (Å²) in [7, 11) is -8.96. The van der Waals surface area contributed by atoms with E-state index in [-0.39, 0.29) is 28.6 Å². The van der Waals surface area contributed by atoms with Crippen molar-refractivity contribution in [2.45, 2.75) is 25.2 Å². The van der Waals surface area contributed by atoms with Gasteiger partial charge in [0.05, 0.1) is 0 Å². The van der Waals surface area contributed by atoms with Crippen molar-refractivity contribution >= 4 is 67.4 Å². The predicted octanol–water partition coefficient (Wildman–Crippen LogP) is -0.183. The molecule has 0 amide bonds. The first-order valence-electron chi connectivity index (χ1n) is 12.6. The van der Waals surface area contributed by atoms with Crippen LogP contribution in [0.3, 0.4) is 0 Å². The summed E-state index contributed by atoms with van der Waals surface area (Å²) in [6, 6.07) is 1.46. The van der Waals surface area contributed by atoms with E-state index < -0.39 is 62.5 Å². The van der Waals surface area contributed by atoms with Crippen molar-refractivity contribution in [3.63, 3.8) is 0 Å². The molecule has 3 aromatic heterocycles. The van der Waals surface area contributed by atoms with Crippen molar-refractivity contribution < 1.29 is 41.4 Å². The molecule has 2 bridgehead atoms. The van der Waals surface area contributed by atoms with Crippen LogP contribution in [0.15, 0.2) is 45.6 Å². The van der Waals surface area contributed by atoms with Gasteiger partial charge in [0.1, 0.15) is 0 Å². The number of hydrogen-bond acceptors (Lipinski definition) is 19. The second-order valence-electron chi connectivity index (χ2n) is 9.57. The Labute approximate surface area is 256 Å². The molecule has 4 aliphatic heterocycles. The molecule has 1 fully saturated rings. The van der Waals surface area contributed by atoms with Crippen LogP contribution in [-0.2, 0) is 24.9 Å². The summed E-state index contributed by atoms with van der Waals surface area (Å²) in [4.78, 5) is 44.6. The Bertz CT molecular complexity index is 1810. The molecule has 4 aliphatic rings. The minimum atomic E-state index is -4.55. The molecule has 24 heteroatoms. The number of furan rings is 1. The zero-order chi connectivity index (χ0) is 31.0. The molecule has 0 aliphatic carbocycles. The molecule has 1 saturated heterocycles. The summed E-state index contributed by atoms with van der Waals surface area (Å²) in [5.41, 5.74) is 14.5. The van der Waals surface area contributed by atoms with Crippen molar-refractivity contribution in [1.29, 1.82) is 0 Å². The summed E-state index contributed by atoms with van der Waals surface area (Å²) < 4.78 is 50.6. The van der Waals surface area contributed by atoms with Gasteiger partial charge in [-0.1, -0.05) is 0 Å². The van der Waals surface area contributed by atoms with Gasteiger partial charge in [0.25, 0.3) is 0 Å². The van der Waals surface area contributed by atoms with Gasteiger partial charge in [-0.2, -0.15) is 0 Å². The molecule has 2 unspecified atom stereocenters. The van der Waals surface area contributed by atoms with Gasteiger partial charge in [-0.05, 0) is 0 Å². The van der Waals surface area contributed by atoms with Crippen molar-refractivity contribution in [1.82, 2.24) is 40.6 Å². The molecule has 0 spiro atoms. The topological polar surface area (TPSA) is 255 Å². The second kappa shape index (κ2) is 10.7. The first-order valence-corrected chi connectivity index (χ1v) is 18.7. The second-order valence-corrected chi connectivity index (χ2v) is 16.1. The van der Waals surface area contributed by atoms with Crippen LogP contribution in [0.25, 0.3) is 22.6 Å². The number of ether oxygens (including phenoxy) is 1. The number of hydrogen-bond donors (Lipinski definition) is 10. The van der Waals surface area contributed by atoms with Gasteiger partial charge in [-0.15, -0.1) is 0 Å². The molecule has 0 radical (unpaired) electrons. The van der Waals surface area contributed by atoms with Gasteiger partial charge >= 0.3 is 257 Å². The molecule has 10 N–H and O–H groups in total. The Balaban J connectivity index is 1.25. The Morgan fingerprint density at radius 2 is 2.02 bits per heavy atom. The molecule has 0 saturated carbocycles. The van der Waals surface area contributed by atoms with Crippen LogP contribution in [0.4, 0.5) is 10.3 Å². The van der Waals surface area contributed by atoms with Crippen molar-refractivity contribution in [3.05, 3.63) is 58.2 Å². The molecule has 19 nitrogen and oxygen atoms in total. The number of halogens is 1. The zero-order valence-corrected chi connectivity index (χ0v) is 25.7. The zero-order valence-electron chi connectivity index (χ0n) is 21.9. The summed E-state index contributed by atoms with van der Waals surface area (Å²) in [6.07, 6.45) is 0.399. The van der Waals surface area contributed by atoms with E-state index in [1.807, 2.05) is 0 Å². The van der Waals surface area contributed by atoms with Crippen LogP contribution in [-0.4, -0.2) is 59.6 Å². The number of nitrogens with two attached hydrogens (primary N) is 2. The fourth-order valence-electron chi connectivity index (χ4n) is 4.71. The van der Waals surface area contributed by atoms with Crippen molar-refractivity contribution in [2.75, 3.05) is 12.4 Å². The number of rotatable bonds is 2. The average Bonchev–Trinajstić information content (AvgIpc) is 3.72. The maximum atomic E-state index is 15.7. The SMILES string of the molecule is Nc1nc2c(ncn2C2=C3O[PH](O)(S)OCc4oc(C5=CNN6C(N)NCNC56)cc4O[PH](O)(S)O/C=C(/O2)[C@H]3F)c(=O)[nH]1. The number of thiol groups is 2. The normalized spacial score (nSPS) is 29.0. The van der Waals surface area contributed by atoms with E-state index in [1.165, 1.54) is 6.07 Å². The van der Waals surface area contributed by atoms with Crippen LogP contribution < -0.4 is 37.6 Å². The summed E-state index contributed by atoms with van der Waals surface area (Å²) in [5, 5.41) is 7.95. The monoisotopic (exact) mass is 694 g/mol. The third kappa shape index (κ3) is 5.26. The number of imidazole rings is 1. The summed E-state index contributed by atoms with van der Waals surface area (Å²) in [5.74, 6) is -1.58. The van der Waals surface area contributed by atoms with E-state index in [2.05, 4.69) is 55.5 Å². The Morgan fingerprint density at radius 1 is 1.20 bits per heavy atom. The van der Waals surface area contributed by atoms with Crippen molar-refractivity contribution in [3.8, 4) is 5.75 Å². The number of aromatic nitrogens is 4. The molecule has 7 heterocycles. The number of hydrazine groups is 1.